The van der Waals surface area contributed by atoms with Crippen molar-refractivity contribution in [2.45, 2.75) is 19.3 Å². The van der Waals surface area contributed by atoms with Gasteiger partial charge in [0.05, 0.1) is 19.1 Å². The summed E-state index contributed by atoms with van der Waals surface area (Å²) in [5.41, 5.74) is 0.499. The Morgan fingerprint density at radius 1 is 1.31 bits per heavy atom. The van der Waals surface area contributed by atoms with Crippen molar-refractivity contribution in [2.24, 2.45) is 5.92 Å². The number of ketones is 2. The molecule has 3 nitrogen and oxygen atoms in total. The van der Waals surface area contributed by atoms with E-state index in [-0.39, 0.29) is 23.9 Å². The molecule has 3 heteroatoms. The molecule has 0 radical (unpaired) electrons. The van der Waals surface area contributed by atoms with E-state index in [9.17, 15) is 9.59 Å². The lowest BCUT2D eigenvalue weighted by atomic mass is 10.0. The number of methoxy groups -OCH3 is 1. The third kappa shape index (κ3) is 2.30. The summed E-state index contributed by atoms with van der Waals surface area (Å²) in [6.07, 6.45) is 1.89. The van der Waals surface area contributed by atoms with Crippen LogP contribution in [0.5, 0.6) is 5.75 Å². The molecule has 2 rings (SSSR count). The van der Waals surface area contributed by atoms with Crippen molar-refractivity contribution in [3.05, 3.63) is 29.8 Å². The molecule has 0 bridgehead atoms. The summed E-state index contributed by atoms with van der Waals surface area (Å²) < 4.78 is 5.09. The quantitative estimate of drug-likeness (QED) is 0.562. The Morgan fingerprint density at radius 3 is 2.62 bits per heavy atom. The van der Waals surface area contributed by atoms with Crippen LogP contribution in [0.25, 0.3) is 0 Å². The Kier molecular flexibility index (Phi) is 3.04. The summed E-state index contributed by atoms with van der Waals surface area (Å²) in [5, 5.41) is 0. The minimum Gasteiger partial charge on any atom is -0.496 e. The second-order valence-corrected chi connectivity index (χ2v) is 4.04. The molecule has 1 saturated carbocycles. The first-order valence-electron chi connectivity index (χ1n) is 5.41. The van der Waals surface area contributed by atoms with Gasteiger partial charge in [-0.15, -0.1) is 0 Å². The molecule has 1 fully saturated rings. The minimum atomic E-state index is -0.144. The lowest BCUT2D eigenvalue weighted by Gasteiger charge is -2.06. The normalized spacial score (nSPS) is 14.6. The van der Waals surface area contributed by atoms with E-state index in [1.807, 2.05) is 0 Å². The maximum atomic E-state index is 11.9. The van der Waals surface area contributed by atoms with Crippen LogP contribution in [0.3, 0.4) is 0 Å². The first kappa shape index (κ1) is 10.9. The molecule has 16 heavy (non-hydrogen) atoms. The largest absolute Gasteiger partial charge is 0.496 e. The number of rotatable bonds is 5. The summed E-state index contributed by atoms with van der Waals surface area (Å²) in [6.45, 7) is 0. The van der Waals surface area contributed by atoms with Gasteiger partial charge in [-0.05, 0) is 25.0 Å². The second kappa shape index (κ2) is 4.47. The van der Waals surface area contributed by atoms with Crippen molar-refractivity contribution in [1.29, 1.82) is 0 Å². The fourth-order valence-electron chi connectivity index (χ4n) is 1.68. The molecule has 0 atom stereocenters. The number of ether oxygens (including phenoxy) is 1. The number of carbonyl (C=O) groups excluding carboxylic acids is 2. The van der Waals surface area contributed by atoms with E-state index in [1.54, 1.807) is 24.3 Å². The van der Waals surface area contributed by atoms with Gasteiger partial charge in [0.2, 0.25) is 0 Å². The maximum Gasteiger partial charge on any atom is 0.173 e. The van der Waals surface area contributed by atoms with E-state index < -0.39 is 0 Å². The smallest absolute Gasteiger partial charge is 0.173 e. The van der Waals surface area contributed by atoms with Crippen molar-refractivity contribution >= 4 is 11.6 Å². The van der Waals surface area contributed by atoms with Crippen LogP contribution in [0, 0.1) is 5.92 Å². The first-order chi connectivity index (χ1) is 7.72. The molecular weight excluding hydrogens is 204 g/mol. The molecule has 1 aliphatic rings. The Labute approximate surface area is 94.4 Å². The van der Waals surface area contributed by atoms with Gasteiger partial charge in [-0.3, -0.25) is 9.59 Å². The molecule has 0 aliphatic heterocycles. The Hall–Kier alpha value is -1.64. The Morgan fingerprint density at radius 2 is 2.00 bits per heavy atom. The van der Waals surface area contributed by atoms with Gasteiger partial charge in [0, 0.05) is 5.92 Å². The van der Waals surface area contributed by atoms with Crippen LogP contribution in [0.2, 0.25) is 0 Å². The van der Waals surface area contributed by atoms with Crippen molar-refractivity contribution in [1.82, 2.24) is 0 Å². The first-order valence-corrected chi connectivity index (χ1v) is 5.41. The molecule has 1 aliphatic carbocycles. The number of hydrogen-bond acceptors (Lipinski definition) is 3. The number of carbonyl (C=O) groups is 2. The van der Waals surface area contributed by atoms with Gasteiger partial charge < -0.3 is 4.74 Å². The van der Waals surface area contributed by atoms with Crippen LogP contribution >= 0.6 is 0 Å². The standard InChI is InChI=1S/C13H14O3/c1-16-13-5-3-2-4-10(13)12(15)8-11(14)9-6-7-9/h2-5,9H,6-8H2,1H3. The highest BCUT2D eigenvalue weighted by atomic mass is 16.5. The molecule has 84 valence electrons. The molecule has 0 unspecified atom stereocenters. The number of benzene rings is 1. The van der Waals surface area contributed by atoms with Gasteiger partial charge in [-0.25, -0.2) is 0 Å². The Bertz CT molecular complexity index is 419. The number of para-hydroxylation sites is 1. The fourth-order valence-corrected chi connectivity index (χ4v) is 1.68. The van der Waals surface area contributed by atoms with Gasteiger partial charge in [0.15, 0.2) is 5.78 Å². The highest BCUT2D eigenvalue weighted by molar-refractivity contribution is 6.10. The molecule has 0 saturated heterocycles. The lowest BCUT2D eigenvalue weighted by molar-refractivity contribution is -0.119. The van der Waals surface area contributed by atoms with E-state index in [1.165, 1.54) is 7.11 Å². The molecule has 1 aromatic carbocycles. The molecule has 0 N–H and O–H groups in total. The van der Waals surface area contributed by atoms with E-state index in [2.05, 4.69) is 0 Å². The zero-order valence-corrected chi connectivity index (χ0v) is 9.23. The number of Topliss-reactive ketones (excluding diaryl/α,β-unsaturated/α-hetero) is 2. The molecular formula is C13H14O3. The van der Waals surface area contributed by atoms with Crippen molar-refractivity contribution in [3.8, 4) is 5.75 Å². The summed E-state index contributed by atoms with van der Waals surface area (Å²) in [7, 11) is 1.52. The SMILES string of the molecule is COc1ccccc1C(=O)CC(=O)C1CC1. The zero-order chi connectivity index (χ0) is 11.5. The molecule has 1 aromatic rings. The predicted octanol–water partition coefficient (Wildman–Crippen LogP) is 2.25. The maximum absolute atomic E-state index is 11.9. The van der Waals surface area contributed by atoms with Crippen LogP contribution in [-0.4, -0.2) is 18.7 Å². The summed E-state index contributed by atoms with van der Waals surface area (Å²) in [5.74, 6) is 0.597. The van der Waals surface area contributed by atoms with Gasteiger partial charge >= 0.3 is 0 Å². The van der Waals surface area contributed by atoms with E-state index in [0.29, 0.717) is 11.3 Å². The zero-order valence-electron chi connectivity index (χ0n) is 9.23. The van der Waals surface area contributed by atoms with Crippen molar-refractivity contribution < 1.29 is 14.3 Å². The summed E-state index contributed by atoms with van der Waals surface area (Å²) >= 11 is 0. The van der Waals surface area contributed by atoms with Gasteiger partial charge in [-0.1, -0.05) is 12.1 Å². The topological polar surface area (TPSA) is 43.4 Å². The van der Waals surface area contributed by atoms with Gasteiger partial charge in [-0.2, -0.15) is 0 Å². The van der Waals surface area contributed by atoms with Crippen LogP contribution in [0.15, 0.2) is 24.3 Å². The second-order valence-electron chi connectivity index (χ2n) is 4.04. The molecule has 0 aromatic heterocycles. The van der Waals surface area contributed by atoms with Crippen molar-refractivity contribution in [3.63, 3.8) is 0 Å². The molecule has 0 heterocycles. The lowest BCUT2D eigenvalue weighted by Crippen LogP contribution is -2.10. The van der Waals surface area contributed by atoms with Crippen LogP contribution < -0.4 is 4.74 Å². The van der Waals surface area contributed by atoms with E-state index in [0.717, 1.165) is 12.8 Å². The van der Waals surface area contributed by atoms with E-state index in [4.69, 9.17) is 4.74 Å². The third-order valence-corrected chi connectivity index (χ3v) is 2.77. The summed E-state index contributed by atoms with van der Waals surface area (Å²) in [4.78, 5) is 23.4. The predicted molar refractivity (Wildman–Crippen MR) is 59.7 cm³/mol. The molecule has 0 amide bonds. The fraction of sp³-hybridized carbons (Fsp3) is 0.385. The van der Waals surface area contributed by atoms with Crippen LogP contribution in [0.4, 0.5) is 0 Å². The third-order valence-electron chi connectivity index (χ3n) is 2.77. The Balaban J connectivity index is 2.10. The summed E-state index contributed by atoms with van der Waals surface area (Å²) in [6, 6.07) is 7.01. The average Bonchev–Trinajstić information content (AvgIpc) is 3.12. The molecule has 0 spiro atoms. The van der Waals surface area contributed by atoms with Crippen LogP contribution in [0.1, 0.15) is 29.6 Å². The van der Waals surface area contributed by atoms with Crippen molar-refractivity contribution in [2.75, 3.05) is 7.11 Å². The average molecular weight is 218 g/mol. The van der Waals surface area contributed by atoms with Gasteiger partial charge in [0.25, 0.3) is 0 Å². The highest BCUT2D eigenvalue weighted by Gasteiger charge is 2.31. The van der Waals surface area contributed by atoms with Crippen LogP contribution in [-0.2, 0) is 4.79 Å². The van der Waals surface area contributed by atoms with Gasteiger partial charge in [0.1, 0.15) is 11.5 Å². The highest BCUT2D eigenvalue weighted by Crippen LogP contribution is 2.31. The number of hydrogen-bond donors (Lipinski definition) is 0. The monoisotopic (exact) mass is 218 g/mol. The van der Waals surface area contributed by atoms with E-state index >= 15 is 0 Å². The minimum absolute atomic E-state index is 0.00500.